The Labute approximate surface area is 123 Å². The highest BCUT2D eigenvalue weighted by Crippen LogP contribution is 2.05. The van der Waals surface area contributed by atoms with Crippen LogP contribution >= 0.6 is 12.2 Å². The summed E-state index contributed by atoms with van der Waals surface area (Å²) in [7, 11) is 1.63. The SMILES string of the molecule is CN(NC(=S)Nc1ccccc1)C(=O)c1ccccc1. The smallest absolute Gasteiger partial charge is 0.271 e. The van der Waals surface area contributed by atoms with E-state index in [-0.39, 0.29) is 5.91 Å². The molecule has 0 spiro atoms. The van der Waals surface area contributed by atoms with E-state index in [2.05, 4.69) is 10.7 Å². The summed E-state index contributed by atoms with van der Waals surface area (Å²) in [6, 6.07) is 18.6. The highest BCUT2D eigenvalue weighted by atomic mass is 32.1. The number of hydrogen-bond acceptors (Lipinski definition) is 2. The van der Waals surface area contributed by atoms with Crippen molar-refractivity contribution in [2.45, 2.75) is 0 Å². The number of nitrogens with zero attached hydrogens (tertiary/aromatic N) is 1. The molecule has 102 valence electrons. The third-order valence-electron chi connectivity index (χ3n) is 2.63. The van der Waals surface area contributed by atoms with Gasteiger partial charge in [0, 0.05) is 18.3 Å². The second-order valence-corrected chi connectivity index (χ2v) is 4.57. The summed E-state index contributed by atoms with van der Waals surface area (Å²) in [4.78, 5) is 12.1. The first-order valence-corrected chi connectivity index (χ1v) is 6.53. The zero-order valence-corrected chi connectivity index (χ0v) is 11.9. The summed E-state index contributed by atoms with van der Waals surface area (Å²) in [5.41, 5.74) is 4.30. The molecule has 0 saturated carbocycles. The average molecular weight is 285 g/mol. The summed E-state index contributed by atoms with van der Waals surface area (Å²) in [5.74, 6) is -0.150. The first-order chi connectivity index (χ1) is 9.66. The van der Waals surface area contributed by atoms with Crippen molar-refractivity contribution in [2.75, 3.05) is 12.4 Å². The van der Waals surface area contributed by atoms with Gasteiger partial charge in [-0.25, -0.2) is 0 Å². The van der Waals surface area contributed by atoms with E-state index < -0.39 is 0 Å². The Kier molecular flexibility index (Phi) is 4.68. The Morgan fingerprint density at radius 2 is 1.55 bits per heavy atom. The molecule has 0 radical (unpaired) electrons. The maximum atomic E-state index is 12.1. The number of amides is 1. The van der Waals surface area contributed by atoms with E-state index >= 15 is 0 Å². The van der Waals surface area contributed by atoms with Gasteiger partial charge in [-0.05, 0) is 36.5 Å². The molecule has 0 aliphatic heterocycles. The number of thiocarbonyl (C=S) groups is 1. The van der Waals surface area contributed by atoms with Gasteiger partial charge in [0.1, 0.15) is 0 Å². The molecular weight excluding hydrogens is 270 g/mol. The number of hydrogen-bond donors (Lipinski definition) is 2. The van der Waals surface area contributed by atoms with E-state index in [9.17, 15) is 4.79 Å². The van der Waals surface area contributed by atoms with Crippen LogP contribution in [0.5, 0.6) is 0 Å². The minimum absolute atomic E-state index is 0.150. The molecule has 0 unspecified atom stereocenters. The Bertz CT molecular complexity index is 587. The minimum atomic E-state index is -0.150. The van der Waals surface area contributed by atoms with Gasteiger partial charge >= 0.3 is 0 Å². The molecule has 2 rings (SSSR count). The Hall–Kier alpha value is -2.40. The minimum Gasteiger partial charge on any atom is -0.331 e. The van der Waals surface area contributed by atoms with E-state index in [0.717, 1.165) is 5.69 Å². The van der Waals surface area contributed by atoms with Crippen molar-refractivity contribution < 1.29 is 4.79 Å². The molecule has 0 bridgehead atoms. The van der Waals surface area contributed by atoms with Gasteiger partial charge in [0.15, 0.2) is 5.11 Å². The Balaban J connectivity index is 1.93. The summed E-state index contributed by atoms with van der Waals surface area (Å²) >= 11 is 5.17. The quantitative estimate of drug-likeness (QED) is 0.658. The lowest BCUT2D eigenvalue weighted by Crippen LogP contribution is -2.45. The van der Waals surface area contributed by atoms with Gasteiger partial charge in [0.05, 0.1) is 0 Å². The Morgan fingerprint density at radius 3 is 2.15 bits per heavy atom. The lowest BCUT2D eigenvalue weighted by molar-refractivity contribution is 0.0760. The molecule has 1 amide bonds. The van der Waals surface area contributed by atoms with Gasteiger partial charge < -0.3 is 5.32 Å². The first-order valence-electron chi connectivity index (χ1n) is 6.12. The van der Waals surface area contributed by atoms with Crippen molar-refractivity contribution in [3.05, 3.63) is 66.2 Å². The largest absolute Gasteiger partial charge is 0.331 e. The van der Waals surface area contributed by atoms with Crippen molar-refractivity contribution in [2.24, 2.45) is 0 Å². The zero-order chi connectivity index (χ0) is 14.4. The predicted molar refractivity (Wildman–Crippen MR) is 84.3 cm³/mol. The molecule has 0 atom stereocenters. The first kappa shape index (κ1) is 14.0. The molecule has 0 aliphatic carbocycles. The van der Waals surface area contributed by atoms with Crippen LogP contribution in [-0.2, 0) is 0 Å². The monoisotopic (exact) mass is 285 g/mol. The zero-order valence-electron chi connectivity index (χ0n) is 11.0. The van der Waals surface area contributed by atoms with Gasteiger partial charge in [-0.1, -0.05) is 36.4 Å². The van der Waals surface area contributed by atoms with Gasteiger partial charge in [-0.3, -0.25) is 15.2 Å². The van der Waals surface area contributed by atoms with Crippen LogP contribution in [0, 0.1) is 0 Å². The van der Waals surface area contributed by atoms with Crippen molar-refractivity contribution in [3.8, 4) is 0 Å². The molecule has 20 heavy (non-hydrogen) atoms. The predicted octanol–water partition coefficient (Wildman–Crippen LogP) is 2.66. The van der Waals surface area contributed by atoms with Crippen LogP contribution < -0.4 is 10.7 Å². The highest BCUT2D eigenvalue weighted by molar-refractivity contribution is 7.80. The van der Waals surface area contributed by atoms with E-state index in [1.165, 1.54) is 5.01 Å². The second kappa shape index (κ2) is 6.68. The number of anilines is 1. The fraction of sp³-hybridized carbons (Fsp3) is 0.0667. The van der Waals surface area contributed by atoms with Crippen LogP contribution in [0.3, 0.4) is 0 Å². The number of para-hydroxylation sites is 1. The molecule has 2 aromatic rings. The van der Waals surface area contributed by atoms with Crippen LogP contribution in [0.25, 0.3) is 0 Å². The van der Waals surface area contributed by atoms with Crippen LogP contribution in [0.15, 0.2) is 60.7 Å². The topological polar surface area (TPSA) is 44.4 Å². The molecule has 5 heteroatoms. The van der Waals surface area contributed by atoms with Gasteiger partial charge in [-0.2, -0.15) is 0 Å². The van der Waals surface area contributed by atoms with Crippen molar-refractivity contribution in [1.82, 2.24) is 10.4 Å². The van der Waals surface area contributed by atoms with Crippen molar-refractivity contribution in [3.63, 3.8) is 0 Å². The number of benzene rings is 2. The van der Waals surface area contributed by atoms with Gasteiger partial charge in [-0.15, -0.1) is 0 Å². The number of hydrazine groups is 1. The summed E-state index contributed by atoms with van der Waals surface area (Å²) in [5, 5.41) is 4.72. The number of nitrogens with one attached hydrogen (secondary N) is 2. The number of carbonyl (C=O) groups is 1. The van der Waals surface area contributed by atoms with Crippen LogP contribution in [-0.4, -0.2) is 23.1 Å². The molecule has 0 aromatic heterocycles. The average Bonchev–Trinajstić information content (AvgIpc) is 2.48. The number of rotatable bonds is 2. The van der Waals surface area contributed by atoms with E-state index in [1.807, 2.05) is 48.5 Å². The third kappa shape index (κ3) is 3.80. The molecule has 0 heterocycles. The van der Waals surface area contributed by atoms with Crippen molar-refractivity contribution in [1.29, 1.82) is 0 Å². The lowest BCUT2D eigenvalue weighted by Gasteiger charge is -2.20. The van der Waals surface area contributed by atoms with E-state index in [0.29, 0.717) is 10.7 Å². The van der Waals surface area contributed by atoms with Gasteiger partial charge in [0.25, 0.3) is 5.91 Å². The van der Waals surface area contributed by atoms with E-state index in [1.54, 1.807) is 19.2 Å². The molecule has 0 saturated heterocycles. The van der Waals surface area contributed by atoms with Gasteiger partial charge in [0.2, 0.25) is 0 Å². The maximum Gasteiger partial charge on any atom is 0.271 e. The molecule has 0 fully saturated rings. The van der Waals surface area contributed by atoms with Crippen LogP contribution in [0.4, 0.5) is 5.69 Å². The van der Waals surface area contributed by atoms with E-state index in [4.69, 9.17) is 12.2 Å². The number of carbonyl (C=O) groups excluding carboxylic acids is 1. The fourth-order valence-corrected chi connectivity index (χ4v) is 1.91. The molecule has 4 nitrogen and oxygen atoms in total. The normalized spacial score (nSPS) is 9.65. The fourth-order valence-electron chi connectivity index (χ4n) is 1.66. The van der Waals surface area contributed by atoms with Crippen molar-refractivity contribution >= 4 is 28.9 Å². The lowest BCUT2D eigenvalue weighted by atomic mass is 10.2. The second-order valence-electron chi connectivity index (χ2n) is 4.16. The standard InChI is InChI=1S/C15H15N3OS/c1-18(14(19)12-8-4-2-5-9-12)17-15(20)16-13-10-6-3-7-11-13/h2-11H,1H3,(H2,16,17,20). The molecular formula is C15H15N3OS. The van der Waals surface area contributed by atoms with Crippen LogP contribution in [0.2, 0.25) is 0 Å². The summed E-state index contributed by atoms with van der Waals surface area (Å²) in [6.45, 7) is 0. The summed E-state index contributed by atoms with van der Waals surface area (Å²) < 4.78 is 0. The summed E-state index contributed by atoms with van der Waals surface area (Å²) in [6.07, 6.45) is 0. The highest BCUT2D eigenvalue weighted by Gasteiger charge is 2.11. The molecule has 2 aromatic carbocycles. The maximum absolute atomic E-state index is 12.1. The molecule has 2 N–H and O–H groups in total. The Morgan fingerprint density at radius 1 is 1.00 bits per heavy atom. The van der Waals surface area contributed by atoms with Crippen LogP contribution in [0.1, 0.15) is 10.4 Å². The third-order valence-corrected chi connectivity index (χ3v) is 2.82. The molecule has 0 aliphatic rings.